The molecule has 1 aliphatic carbocycles. The highest BCUT2D eigenvalue weighted by atomic mass is 16.1. The van der Waals surface area contributed by atoms with Crippen LogP contribution in [0.5, 0.6) is 0 Å². The fourth-order valence-electron chi connectivity index (χ4n) is 2.01. The molecule has 0 radical (unpaired) electrons. The molecule has 0 bridgehead atoms. The average Bonchev–Trinajstić information content (AvgIpc) is 3.09. The largest absolute Gasteiger partial charge is 0.298 e. The van der Waals surface area contributed by atoms with Gasteiger partial charge in [-0.15, -0.1) is 6.42 Å². The Morgan fingerprint density at radius 2 is 2.29 bits per heavy atom. The van der Waals surface area contributed by atoms with Gasteiger partial charge in [-0.3, -0.25) is 9.36 Å². The van der Waals surface area contributed by atoms with Crippen LogP contribution < -0.4 is 5.56 Å². The second-order valence-electron chi connectivity index (χ2n) is 4.42. The Morgan fingerprint density at radius 1 is 1.53 bits per heavy atom. The zero-order chi connectivity index (χ0) is 12.0. The number of hydrogen-bond donors (Lipinski definition) is 0. The second kappa shape index (κ2) is 3.17. The van der Waals surface area contributed by atoms with Gasteiger partial charge in [0.15, 0.2) is 0 Å². The van der Waals surface area contributed by atoms with Crippen molar-refractivity contribution in [2.45, 2.75) is 25.3 Å². The monoisotopic (exact) mass is 225 g/mol. The molecule has 4 heteroatoms. The molecule has 0 atom stereocenters. The molecule has 0 spiro atoms. The number of terminal acetylenes is 1. The maximum atomic E-state index is 12.0. The summed E-state index contributed by atoms with van der Waals surface area (Å²) < 4.78 is 1.63. The highest BCUT2D eigenvalue weighted by Crippen LogP contribution is 2.41. The van der Waals surface area contributed by atoms with Crippen LogP contribution in [0.3, 0.4) is 0 Å². The average molecular weight is 225 g/mol. The molecule has 3 rings (SSSR count). The van der Waals surface area contributed by atoms with Gasteiger partial charge in [0.1, 0.15) is 11.4 Å². The number of nitrogens with zero attached hydrogens (tertiary/aromatic N) is 3. The lowest BCUT2D eigenvalue weighted by molar-refractivity contribution is 0.596. The van der Waals surface area contributed by atoms with Crippen LogP contribution in [0.2, 0.25) is 0 Å². The SMILES string of the molecule is C#CC1(n2cc3cnc(C)nc3cc2=O)CC1. The summed E-state index contributed by atoms with van der Waals surface area (Å²) in [6, 6.07) is 1.53. The van der Waals surface area contributed by atoms with Gasteiger partial charge in [-0.2, -0.15) is 0 Å². The van der Waals surface area contributed by atoms with Crippen LogP contribution in [0, 0.1) is 19.3 Å². The van der Waals surface area contributed by atoms with Crippen LogP contribution in [0.1, 0.15) is 18.7 Å². The van der Waals surface area contributed by atoms with Gasteiger partial charge in [-0.25, -0.2) is 9.97 Å². The molecule has 2 aromatic rings. The van der Waals surface area contributed by atoms with Crippen molar-refractivity contribution in [3.63, 3.8) is 0 Å². The van der Waals surface area contributed by atoms with Crippen molar-refractivity contribution in [1.29, 1.82) is 0 Å². The van der Waals surface area contributed by atoms with Crippen molar-refractivity contribution in [3.8, 4) is 12.3 Å². The number of fused-ring (bicyclic) bond motifs is 1. The molecule has 84 valence electrons. The number of hydrogen-bond acceptors (Lipinski definition) is 3. The molecule has 2 aromatic heterocycles. The van der Waals surface area contributed by atoms with E-state index in [9.17, 15) is 4.79 Å². The van der Waals surface area contributed by atoms with E-state index in [1.807, 2.05) is 0 Å². The van der Waals surface area contributed by atoms with Gasteiger partial charge < -0.3 is 0 Å². The summed E-state index contributed by atoms with van der Waals surface area (Å²) in [7, 11) is 0. The molecular weight excluding hydrogens is 214 g/mol. The lowest BCUT2D eigenvalue weighted by atomic mass is 10.2. The van der Waals surface area contributed by atoms with Crippen LogP contribution in [0.4, 0.5) is 0 Å². The molecule has 0 N–H and O–H groups in total. The minimum absolute atomic E-state index is 0.0916. The van der Waals surface area contributed by atoms with Crippen molar-refractivity contribution in [1.82, 2.24) is 14.5 Å². The van der Waals surface area contributed by atoms with E-state index in [0.717, 1.165) is 18.2 Å². The second-order valence-corrected chi connectivity index (χ2v) is 4.42. The van der Waals surface area contributed by atoms with Gasteiger partial charge in [0.25, 0.3) is 5.56 Å². The van der Waals surface area contributed by atoms with Crippen LogP contribution in [0.15, 0.2) is 23.3 Å². The summed E-state index contributed by atoms with van der Waals surface area (Å²) in [6.07, 6.45) is 10.7. The van der Waals surface area contributed by atoms with Gasteiger partial charge in [0.05, 0.1) is 5.52 Å². The molecule has 1 fully saturated rings. The maximum Gasteiger partial charge on any atom is 0.254 e. The molecule has 0 aromatic carbocycles. The summed E-state index contributed by atoms with van der Waals surface area (Å²) in [5.41, 5.74) is 0.175. The Morgan fingerprint density at radius 3 is 2.94 bits per heavy atom. The van der Waals surface area contributed by atoms with Crippen LogP contribution in [0.25, 0.3) is 10.9 Å². The van der Waals surface area contributed by atoms with Crippen LogP contribution >= 0.6 is 0 Å². The van der Waals surface area contributed by atoms with Crippen molar-refractivity contribution < 1.29 is 0 Å². The Labute approximate surface area is 98.3 Å². The smallest absolute Gasteiger partial charge is 0.254 e. The molecule has 1 saturated carbocycles. The first-order valence-electron chi connectivity index (χ1n) is 5.49. The number of aromatic nitrogens is 3. The number of pyridine rings is 1. The third kappa shape index (κ3) is 1.43. The Bertz CT molecular complexity index is 705. The highest BCUT2D eigenvalue weighted by Gasteiger charge is 2.43. The fourth-order valence-corrected chi connectivity index (χ4v) is 2.01. The third-order valence-corrected chi connectivity index (χ3v) is 3.19. The van der Waals surface area contributed by atoms with E-state index in [0.29, 0.717) is 11.3 Å². The van der Waals surface area contributed by atoms with E-state index in [-0.39, 0.29) is 5.56 Å². The van der Waals surface area contributed by atoms with E-state index in [2.05, 4.69) is 15.9 Å². The molecule has 0 unspecified atom stereocenters. The molecule has 17 heavy (non-hydrogen) atoms. The molecule has 0 saturated heterocycles. The Kier molecular flexibility index (Phi) is 1.87. The normalized spacial score (nSPS) is 16.7. The van der Waals surface area contributed by atoms with E-state index in [1.54, 1.807) is 23.9 Å². The van der Waals surface area contributed by atoms with Crippen molar-refractivity contribution >= 4 is 10.9 Å². The summed E-state index contributed by atoms with van der Waals surface area (Å²) >= 11 is 0. The van der Waals surface area contributed by atoms with E-state index < -0.39 is 5.54 Å². The standard InChI is InChI=1S/C13H11N3O/c1-3-13(4-5-13)16-8-10-7-14-9(2)15-11(10)6-12(16)17/h1,6-8H,4-5H2,2H3. The van der Waals surface area contributed by atoms with Crippen LogP contribution in [-0.2, 0) is 5.54 Å². The number of aryl methyl sites for hydroxylation is 1. The van der Waals surface area contributed by atoms with Crippen LogP contribution in [-0.4, -0.2) is 14.5 Å². The predicted molar refractivity (Wildman–Crippen MR) is 64.6 cm³/mol. The molecule has 1 aliphatic rings. The van der Waals surface area contributed by atoms with Gasteiger partial charge in [-0.1, -0.05) is 5.92 Å². The van der Waals surface area contributed by atoms with E-state index in [4.69, 9.17) is 6.42 Å². The first-order valence-corrected chi connectivity index (χ1v) is 5.49. The molecular formula is C13H11N3O. The third-order valence-electron chi connectivity index (χ3n) is 3.19. The minimum atomic E-state index is -0.407. The topological polar surface area (TPSA) is 47.8 Å². The number of rotatable bonds is 1. The molecule has 4 nitrogen and oxygen atoms in total. The Hall–Kier alpha value is -2.15. The maximum absolute atomic E-state index is 12.0. The summed E-state index contributed by atoms with van der Waals surface area (Å²) in [4.78, 5) is 20.4. The van der Waals surface area contributed by atoms with Gasteiger partial charge in [0.2, 0.25) is 0 Å². The van der Waals surface area contributed by atoms with Gasteiger partial charge in [-0.05, 0) is 19.8 Å². The predicted octanol–water partition coefficient (Wildman–Crippen LogP) is 1.22. The lowest BCUT2D eigenvalue weighted by Gasteiger charge is -2.12. The lowest BCUT2D eigenvalue weighted by Crippen LogP contribution is -2.28. The van der Waals surface area contributed by atoms with Gasteiger partial charge >= 0.3 is 0 Å². The van der Waals surface area contributed by atoms with E-state index in [1.165, 1.54) is 6.07 Å². The van der Waals surface area contributed by atoms with Gasteiger partial charge in [0, 0.05) is 23.8 Å². The fraction of sp³-hybridized carbons (Fsp3) is 0.308. The highest BCUT2D eigenvalue weighted by molar-refractivity contribution is 5.76. The zero-order valence-electron chi connectivity index (χ0n) is 9.47. The molecule has 2 heterocycles. The van der Waals surface area contributed by atoms with E-state index >= 15 is 0 Å². The van der Waals surface area contributed by atoms with Crippen molar-refractivity contribution in [3.05, 3.63) is 34.6 Å². The first kappa shape index (κ1) is 10.0. The molecule has 0 aliphatic heterocycles. The zero-order valence-corrected chi connectivity index (χ0v) is 9.47. The Balaban J connectivity index is 2.29. The first-order chi connectivity index (χ1) is 8.14. The summed E-state index contributed by atoms with van der Waals surface area (Å²) in [6.45, 7) is 1.80. The molecule has 0 amide bonds. The minimum Gasteiger partial charge on any atom is -0.298 e. The van der Waals surface area contributed by atoms with Crippen molar-refractivity contribution in [2.24, 2.45) is 0 Å². The van der Waals surface area contributed by atoms with Crippen molar-refractivity contribution in [2.75, 3.05) is 0 Å². The quantitative estimate of drug-likeness (QED) is 0.686. The summed E-state index contributed by atoms with van der Waals surface area (Å²) in [5.74, 6) is 3.37. The summed E-state index contributed by atoms with van der Waals surface area (Å²) in [5, 5.41) is 0.844.